The molecule has 3 rings (SSSR count). The van der Waals surface area contributed by atoms with Gasteiger partial charge in [-0.2, -0.15) is 4.31 Å². The van der Waals surface area contributed by atoms with Crippen molar-refractivity contribution in [1.82, 2.24) is 4.31 Å². The molecular weight excluding hydrogens is 354 g/mol. The standard InChI is InChI=1S/C18H25N3O4S/c1-19(26(2,24)25)16-6-5-13-21(18(16)23)15-10-8-14(9-11-15)20-12-4-3-7-17(20)22/h8-11,16H,3-7,12-13H2,1-2H3. The largest absolute Gasteiger partial charge is 0.312 e. The normalized spacial score (nSPS) is 22.2. The van der Waals surface area contributed by atoms with Crippen LogP contribution in [0.1, 0.15) is 32.1 Å². The van der Waals surface area contributed by atoms with Crippen molar-refractivity contribution in [1.29, 1.82) is 0 Å². The number of sulfonamides is 1. The Bertz CT molecular complexity index is 791. The second kappa shape index (κ2) is 7.36. The van der Waals surface area contributed by atoms with E-state index in [-0.39, 0.29) is 11.8 Å². The molecule has 1 unspecified atom stereocenters. The summed E-state index contributed by atoms with van der Waals surface area (Å²) in [6.07, 6.45) is 4.89. The van der Waals surface area contributed by atoms with Crippen molar-refractivity contribution in [2.24, 2.45) is 0 Å². The van der Waals surface area contributed by atoms with Crippen molar-refractivity contribution in [3.8, 4) is 0 Å². The minimum atomic E-state index is -3.43. The SMILES string of the molecule is CN(C1CCCN(c2ccc(N3CCCCC3=O)cc2)C1=O)S(C)(=O)=O. The summed E-state index contributed by atoms with van der Waals surface area (Å²) >= 11 is 0. The molecule has 0 aliphatic carbocycles. The Hall–Kier alpha value is -1.93. The molecule has 0 bridgehead atoms. The Morgan fingerprint density at radius 1 is 0.962 bits per heavy atom. The number of nitrogens with zero attached hydrogens (tertiary/aromatic N) is 3. The van der Waals surface area contributed by atoms with Crippen LogP contribution < -0.4 is 9.80 Å². The topological polar surface area (TPSA) is 78.0 Å². The van der Waals surface area contributed by atoms with Crippen LogP contribution in [0.2, 0.25) is 0 Å². The van der Waals surface area contributed by atoms with Gasteiger partial charge in [0, 0.05) is 37.9 Å². The molecule has 1 aromatic carbocycles. The molecule has 2 heterocycles. The molecule has 2 aliphatic heterocycles. The monoisotopic (exact) mass is 379 g/mol. The number of hydrogen-bond donors (Lipinski definition) is 0. The maximum absolute atomic E-state index is 12.8. The van der Waals surface area contributed by atoms with Crippen molar-refractivity contribution in [3.05, 3.63) is 24.3 Å². The van der Waals surface area contributed by atoms with E-state index < -0.39 is 16.1 Å². The fourth-order valence-electron chi connectivity index (χ4n) is 3.57. The number of amides is 2. The number of rotatable bonds is 4. The van der Waals surface area contributed by atoms with Crippen molar-refractivity contribution in [2.75, 3.05) is 36.2 Å². The van der Waals surface area contributed by atoms with Crippen LogP contribution in [0.5, 0.6) is 0 Å². The van der Waals surface area contributed by atoms with E-state index in [4.69, 9.17) is 0 Å². The molecule has 1 atom stereocenters. The van der Waals surface area contributed by atoms with Crippen molar-refractivity contribution >= 4 is 33.2 Å². The number of anilines is 2. The molecule has 1 aromatic rings. The maximum Gasteiger partial charge on any atom is 0.245 e. The molecule has 2 saturated heterocycles. The molecular formula is C18H25N3O4S. The van der Waals surface area contributed by atoms with E-state index in [1.54, 1.807) is 9.80 Å². The summed E-state index contributed by atoms with van der Waals surface area (Å²) in [5, 5.41) is 0. The van der Waals surface area contributed by atoms with Gasteiger partial charge in [-0.05, 0) is 49.9 Å². The maximum atomic E-state index is 12.8. The number of carbonyl (C=O) groups excluding carboxylic acids is 2. The van der Waals surface area contributed by atoms with Gasteiger partial charge in [-0.25, -0.2) is 8.42 Å². The number of carbonyl (C=O) groups is 2. The molecule has 0 spiro atoms. The number of piperidine rings is 2. The first kappa shape index (κ1) is 18.8. The minimum absolute atomic E-state index is 0.132. The number of likely N-dealkylation sites (N-methyl/N-ethyl adjacent to an activating group) is 1. The van der Waals surface area contributed by atoms with Crippen molar-refractivity contribution < 1.29 is 18.0 Å². The van der Waals surface area contributed by atoms with Gasteiger partial charge in [-0.3, -0.25) is 9.59 Å². The average Bonchev–Trinajstić information content (AvgIpc) is 2.61. The van der Waals surface area contributed by atoms with Crippen LogP contribution in [0.25, 0.3) is 0 Å². The molecule has 2 amide bonds. The van der Waals surface area contributed by atoms with Gasteiger partial charge in [0.05, 0.1) is 6.26 Å². The van der Waals surface area contributed by atoms with E-state index in [2.05, 4.69) is 0 Å². The van der Waals surface area contributed by atoms with Gasteiger partial charge in [-0.1, -0.05) is 0 Å². The predicted octanol–water partition coefficient (Wildman–Crippen LogP) is 1.59. The molecule has 7 nitrogen and oxygen atoms in total. The third kappa shape index (κ3) is 3.76. The number of benzene rings is 1. The lowest BCUT2D eigenvalue weighted by atomic mass is 10.0. The fraction of sp³-hybridized carbons (Fsp3) is 0.556. The number of hydrogen-bond acceptors (Lipinski definition) is 4. The minimum Gasteiger partial charge on any atom is -0.312 e. The smallest absolute Gasteiger partial charge is 0.245 e. The van der Waals surface area contributed by atoms with E-state index in [1.807, 2.05) is 24.3 Å². The highest BCUT2D eigenvalue weighted by Crippen LogP contribution is 2.28. The van der Waals surface area contributed by atoms with E-state index in [1.165, 1.54) is 7.05 Å². The Morgan fingerprint density at radius 2 is 1.54 bits per heavy atom. The van der Waals surface area contributed by atoms with E-state index in [0.29, 0.717) is 19.4 Å². The highest BCUT2D eigenvalue weighted by molar-refractivity contribution is 7.88. The van der Waals surface area contributed by atoms with Crippen LogP contribution in [-0.2, 0) is 19.6 Å². The Kier molecular flexibility index (Phi) is 5.34. The highest BCUT2D eigenvalue weighted by atomic mass is 32.2. The zero-order valence-electron chi connectivity index (χ0n) is 15.2. The first-order chi connectivity index (χ1) is 12.3. The molecule has 0 radical (unpaired) electrons. The first-order valence-electron chi connectivity index (χ1n) is 8.94. The summed E-state index contributed by atoms with van der Waals surface area (Å²) in [7, 11) is -1.98. The molecule has 0 N–H and O–H groups in total. The molecule has 26 heavy (non-hydrogen) atoms. The lowest BCUT2D eigenvalue weighted by Crippen LogP contribution is -2.52. The van der Waals surface area contributed by atoms with Crippen LogP contribution in [0, 0.1) is 0 Å². The highest BCUT2D eigenvalue weighted by Gasteiger charge is 2.36. The van der Waals surface area contributed by atoms with Gasteiger partial charge in [0.25, 0.3) is 0 Å². The quantitative estimate of drug-likeness (QED) is 0.796. The Labute approximate surface area is 154 Å². The molecule has 0 aromatic heterocycles. The van der Waals surface area contributed by atoms with E-state index in [9.17, 15) is 18.0 Å². The summed E-state index contributed by atoms with van der Waals surface area (Å²) in [6, 6.07) is 6.71. The van der Waals surface area contributed by atoms with Crippen LogP contribution in [0.3, 0.4) is 0 Å². The zero-order chi connectivity index (χ0) is 18.9. The molecule has 8 heteroatoms. The van der Waals surface area contributed by atoms with Gasteiger partial charge < -0.3 is 9.80 Å². The molecule has 142 valence electrons. The lowest BCUT2D eigenvalue weighted by Gasteiger charge is -2.36. The zero-order valence-corrected chi connectivity index (χ0v) is 16.0. The third-order valence-electron chi connectivity index (χ3n) is 5.17. The fourth-order valence-corrected chi connectivity index (χ4v) is 4.23. The van der Waals surface area contributed by atoms with Crippen LogP contribution in [-0.4, -0.2) is 57.0 Å². The summed E-state index contributed by atoms with van der Waals surface area (Å²) in [5.74, 6) is -0.0705. The van der Waals surface area contributed by atoms with Gasteiger partial charge in [-0.15, -0.1) is 0 Å². The second-order valence-electron chi connectivity index (χ2n) is 6.95. The summed E-state index contributed by atoms with van der Waals surface area (Å²) in [6.45, 7) is 1.29. The van der Waals surface area contributed by atoms with Crippen molar-refractivity contribution in [2.45, 2.75) is 38.1 Å². The third-order valence-corrected chi connectivity index (χ3v) is 6.47. The summed E-state index contributed by atoms with van der Waals surface area (Å²) < 4.78 is 24.7. The summed E-state index contributed by atoms with van der Waals surface area (Å²) in [5.41, 5.74) is 1.57. The van der Waals surface area contributed by atoms with Crippen LogP contribution >= 0.6 is 0 Å². The van der Waals surface area contributed by atoms with Gasteiger partial charge in [0.1, 0.15) is 6.04 Å². The van der Waals surface area contributed by atoms with E-state index in [0.717, 1.165) is 47.7 Å². The van der Waals surface area contributed by atoms with Gasteiger partial charge in [0.15, 0.2) is 0 Å². The second-order valence-corrected chi connectivity index (χ2v) is 8.99. The first-order valence-corrected chi connectivity index (χ1v) is 10.8. The lowest BCUT2D eigenvalue weighted by molar-refractivity contribution is -0.123. The molecule has 2 fully saturated rings. The van der Waals surface area contributed by atoms with Gasteiger partial charge in [0.2, 0.25) is 21.8 Å². The predicted molar refractivity (Wildman–Crippen MR) is 101 cm³/mol. The summed E-state index contributed by atoms with van der Waals surface area (Å²) in [4.78, 5) is 28.3. The van der Waals surface area contributed by atoms with Gasteiger partial charge >= 0.3 is 0 Å². The molecule has 2 aliphatic rings. The Balaban J connectivity index is 1.78. The Morgan fingerprint density at radius 3 is 2.12 bits per heavy atom. The van der Waals surface area contributed by atoms with Crippen LogP contribution in [0.15, 0.2) is 24.3 Å². The molecule has 0 saturated carbocycles. The average molecular weight is 379 g/mol. The van der Waals surface area contributed by atoms with Crippen molar-refractivity contribution in [3.63, 3.8) is 0 Å². The van der Waals surface area contributed by atoms with E-state index >= 15 is 0 Å². The van der Waals surface area contributed by atoms with Crippen LogP contribution in [0.4, 0.5) is 11.4 Å².